The molecule has 5 atom stereocenters. The summed E-state index contributed by atoms with van der Waals surface area (Å²) in [6.07, 6.45) is 2.44. The van der Waals surface area contributed by atoms with E-state index in [1.54, 1.807) is 12.1 Å². The van der Waals surface area contributed by atoms with Crippen molar-refractivity contribution in [3.05, 3.63) is 35.9 Å². The first-order valence-electron chi connectivity index (χ1n) is 7.75. The summed E-state index contributed by atoms with van der Waals surface area (Å²) in [6.45, 7) is 5.05. The number of halogens is 1. The summed E-state index contributed by atoms with van der Waals surface area (Å²) < 4.78 is 5.52. The molecule has 3 aliphatic rings. The lowest BCUT2D eigenvalue weighted by Crippen LogP contribution is -2.56. The number of piperidine rings is 3. The zero-order valence-electron chi connectivity index (χ0n) is 12.4. The number of nitrogens with zero attached hydrogens (tertiary/aromatic N) is 1. The number of alkyl halides is 1. The number of carbonyl (C=O) groups is 1. The van der Waals surface area contributed by atoms with Crippen molar-refractivity contribution in [2.24, 2.45) is 11.8 Å². The number of ether oxygens (including phenoxy) is 1. The zero-order valence-corrected chi connectivity index (χ0v) is 14.0. The van der Waals surface area contributed by atoms with Crippen LogP contribution in [0.4, 0.5) is 0 Å². The third-order valence-corrected chi connectivity index (χ3v) is 5.61. The predicted octanol–water partition coefficient (Wildman–Crippen LogP) is 3.34. The van der Waals surface area contributed by atoms with Gasteiger partial charge in [0, 0.05) is 17.4 Å². The van der Waals surface area contributed by atoms with E-state index in [0.29, 0.717) is 23.0 Å². The van der Waals surface area contributed by atoms with Gasteiger partial charge in [-0.1, -0.05) is 41.1 Å². The molecule has 3 saturated heterocycles. The lowest BCUT2D eigenvalue weighted by atomic mass is 9.74. The van der Waals surface area contributed by atoms with Crippen LogP contribution in [0.15, 0.2) is 30.3 Å². The molecule has 0 amide bonds. The first-order chi connectivity index (χ1) is 10.1. The molecule has 0 aliphatic carbocycles. The van der Waals surface area contributed by atoms with Crippen LogP contribution in [0.5, 0.6) is 0 Å². The van der Waals surface area contributed by atoms with Crippen molar-refractivity contribution in [2.75, 3.05) is 19.7 Å². The molecule has 21 heavy (non-hydrogen) atoms. The number of esters is 1. The van der Waals surface area contributed by atoms with Gasteiger partial charge in [0.05, 0.1) is 5.56 Å². The van der Waals surface area contributed by atoms with Gasteiger partial charge in [-0.05, 0) is 43.4 Å². The molecule has 1 aromatic carbocycles. The van der Waals surface area contributed by atoms with E-state index in [-0.39, 0.29) is 5.97 Å². The van der Waals surface area contributed by atoms with Gasteiger partial charge in [0.15, 0.2) is 0 Å². The van der Waals surface area contributed by atoms with E-state index in [1.165, 1.54) is 6.42 Å². The van der Waals surface area contributed by atoms with Gasteiger partial charge in [-0.15, -0.1) is 0 Å². The van der Waals surface area contributed by atoms with Gasteiger partial charge < -0.3 is 4.74 Å². The molecule has 0 radical (unpaired) electrons. The highest BCUT2D eigenvalue weighted by Gasteiger charge is 2.41. The lowest BCUT2D eigenvalue weighted by molar-refractivity contribution is -0.0290. The van der Waals surface area contributed by atoms with Crippen LogP contribution in [0.1, 0.15) is 30.1 Å². The van der Waals surface area contributed by atoms with Gasteiger partial charge in [0.2, 0.25) is 0 Å². The number of hydrogen-bond acceptors (Lipinski definition) is 3. The number of fused-ring (bicyclic) bond motifs is 3. The van der Waals surface area contributed by atoms with Crippen LogP contribution in [0.3, 0.4) is 0 Å². The van der Waals surface area contributed by atoms with Crippen LogP contribution in [-0.2, 0) is 4.74 Å². The molecular formula is C17H22BrNO2. The van der Waals surface area contributed by atoms with E-state index in [9.17, 15) is 4.79 Å². The third kappa shape index (κ3) is 3.32. The van der Waals surface area contributed by atoms with Crippen LogP contribution in [0, 0.1) is 11.8 Å². The highest BCUT2D eigenvalue weighted by Crippen LogP contribution is 2.39. The first-order valence-corrected chi connectivity index (χ1v) is 8.67. The highest BCUT2D eigenvalue weighted by molar-refractivity contribution is 9.09. The van der Waals surface area contributed by atoms with Crippen LogP contribution in [0.25, 0.3) is 0 Å². The average molecular weight is 352 g/mol. The van der Waals surface area contributed by atoms with Crippen molar-refractivity contribution in [1.82, 2.24) is 4.90 Å². The monoisotopic (exact) mass is 351 g/mol. The Bertz CT molecular complexity index is 491. The summed E-state index contributed by atoms with van der Waals surface area (Å²) in [5, 5.41) is 0. The zero-order chi connectivity index (χ0) is 14.8. The summed E-state index contributed by atoms with van der Waals surface area (Å²) in [5.41, 5.74) is 0.639. The Morgan fingerprint density at radius 2 is 2.19 bits per heavy atom. The molecule has 1 aromatic rings. The molecule has 3 fully saturated rings. The van der Waals surface area contributed by atoms with Gasteiger partial charge in [-0.25, -0.2) is 4.79 Å². The Balaban J connectivity index is 1.55. The number of carbonyl (C=O) groups excluding carboxylic acids is 1. The SMILES string of the molecule is CC(Br)[C@H]1CN2CC[C@H]1C[C@H]2COC(=O)c1ccccc1. The van der Waals surface area contributed by atoms with Crippen LogP contribution >= 0.6 is 15.9 Å². The van der Waals surface area contributed by atoms with Crippen molar-refractivity contribution in [3.8, 4) is 0 Å². The van der Waals surface area contributed by atoms with E-state index >= 15 is 0 Å². The van der Waals surface area contributed by atoms with Crippen LogP contribution in [0.2, 0.25) is 0 Å². The maximum atomic E-state index is 12.0. The second-order valence-electron chi connectivity index (χ2n) is 6.24. The summed E-state index contributed by atoms with van der Waals surface area (Å²) in [6, 6.07) is 9.65. The second kappa shape index (κ2) is 6.49. The summed E-state index contributed by atoms with van der Waals surface area (Å²) in [5.74, 6) is 1.30. The average Bonchev–Trinajstić information content (AvgIpc) is 2.53. The Labute approximate surface area is 134 Å². The number of benzene rings is 1. The van der Waals surface area contributed by atoms with E-state index < -0.39 is 0 Å². The normalized spacial score (nSPS) is 32.7. The molecule has 4 heteroatoms. The fourth-order valence-electron chi connectivity index (χ4n) is 3.70. The van der Waals surface area contributed by atoms with E-state index in [0.717, 1.165) is 31.3 Å². The third-order valence-electron chi connectivity index (χ3n) is 4.94. The molecule has 0 saturated carbocycles. The van der Waals surface area contributed by atoms with Crippen molar-refractivity contribution in [2.45, 2.75) is 30.6 Å². The standard InChI is InChI=1S/C17H22BrNO2/c1-12(18)16-10-19-8-7-14(16)9-15(19)11-21-17(20)13-5-3-2-4-6-13/h2-6,12,14-16H,7-11H2,1H3/t12?,14-,15-,16+/m0/s1. The van der Waals surface area contributed by atoms with E-state index in [1.807, 2.05) is 18.2 Å². The minimum Gasteiger partial charge on any atom is -0.460 e. The van der Waals surface area contributed by atoms with Gasteiger partial charge in [0.25, 0.3) is 0 Å². The minimum absolute atomic E-state index is 0.205. The van der Waals surface area contributed by atoms with Crippen LogP contribution < -0.4 is 0 Å². The Morgan fingerprint density at radius 3 is 2.81 bits per heavy atom. The minimum atomic E-state index is -0.205. The van der Waals surface area contributed by atoms with Crippen molar-refractivity contribution >= 4 is 21.9 Å². The predicted molar refractivity (Wildman–Crippen MR) is 86.7 cm³/mol. The molecule has 4 rings (SSSR count). The van der Waals surface area contributed by atoms with Gasteiger partial charge >= 0.3 is 5.97 Å². The largest absolute Gasteiger partial charge is 0.460 e. The van der Waals surface area contributed by atoms with Gasteiger partial charge in [-0.3, -0.25) is 4.90 Å². The maximum Gasteiger partial charge on any atom is 0.338 e. The fraction of sp³-hybridized carbons (Fsp3) is 0.588. The maximum absolute atomic E-state index is 12.0. The van der Waals surface area contributed by atoms with Gasteiger partial charge in [-0.2, -0.15) is 0 Å². The fourth-order valence-corrected chi connectivity index (χ4v) is 4.30. The lowest BCUT2D eigenvalue weighted by Gasteiger charge is -2.50. The molecule has 3 aliphatic heterocycles. The van der Waals surface area contributed by atoms with Crippen molar-refractivity contribution in [3.63, 3.8) is 0 Å². The molecule has 2 bridgehead atoms. The molecule has 3 heterocycles. The quantitative estimate of drug-likeness (QED) is 0.615. The molecule has 0 aromatic heterocycles. The molecular weight excluding hydrogens is 330 g/mol. The van der Waals surface area contributed by atoms with E-state index in [4.69, 9.17) is 4.74 Å². The molecule has 3 nitrogen and oxygen atoms in total. The summed E-state index contributed by atoms with van der Waals surface area (Å²) in [4.78, 5) is 15.1. The number of rotatable bonds is 4. The Kier molecular flexibility index (Phi) is 4.65. The smallest absolute Gasteiger partial charge is 0.338 e. The summed E-state index contributed by atoms with van der Waals surface area (Å²) in [7, 11) is 0. The second-order valence-corrected chi connectivity index (χ2v) is 7.68. The molecule has 2 unspecified atom stereocenters. The highest BCUT2D eigenvalue weighted by atomic mass is 79.9. The molecule has 114 valence electrons. The van der Waals surface area contributed by atoms with Gasteiger partial charge in [0.1, 0.15) is 6.61 Å². The topological polar surface area (TPSA) is 29.5 Å². The molecule has 0 N–H and O–H groups in total. The van der Waals surface area contributed by atoms with Crippen molar-refractivity contribution < 1.29 is 9.53 Å². The van der Waals surface area contributed by atoms with Crippen molar-refractivity contribution in [1.29, 1.82) is 0 Å². The molecule has 0 spiro atoms. The van der Waals surface area contributed by atoms with E-state index in [2.05, 4.69) is 27.8 Å². The number of hydrogen-bond donors (Lipinski definition) is 0. The summed E-state index contributed by atoms with van der Waals surface area (Å²) >= 11 is 3.74. The Hall–Kier alpha value is -0.870. The van der Waals surface area contributed by atoms with Crippen LogP contribution in [-0.4, -0.2) is 41.4 Å². The Morgan fingerprint density at radius 1 is 1.43 bits per heavy atom. The first kappa shape index (κ1) is 15.0.